The molecule has 3 unspecified atom stereocenters. The van der Waals surface area contributed by atoms with Gasteiger partial charge in [0.15, 0.2) is 0 Å². The third-order valence-electron chi connectivity index (χ3n) is 5.55. The molecule has 4 atom stereocenters. The van der Waals surface area contributed by atoms with E-state index in [4.69, 9.17) is 4.74 Å². The molecule has 2 fully saturated rings. The second-order valence-electron chi connectivity index (χ2n) is 7.99. The number of amides is 2. The van der Waals surface area contributed by atoms with Crippen molar-refractivity contribution >= 4 is 11.7 Å². The highest BCUT2D eigenvalue weighted by Crippen LogP contribution is 2.22. The lowest BCUT2D eigenvalue weighted by molar-refractivity contribution is -0.384. The maximum atomic E-state index is 12.8. The third-order valence-corrected chi connectivity index (χ3v) is 5.55. The number of rotatable bonds is 5. The lowest BCUT2D eigenvalue weighted by Gasteiger charge is -2.38. The van der Waals surface area contributed by atoms with Gasteiger partial charge in [0, 0.05) is 44.4 Å². The predicted octanol–water partition coefficient (Wildman–Crippen LogP) is 2.94. The standard InChI is InChI=1S/C20H30N4O4/c1-14-11-22(12-15(2)28-14)13-19-5-4-10-23(19)20(25)21-16(3)17-6-8-18(9-7-17)24(26)27/h6-9,14-16,19H,4-5,10-13H2,1-3H3,(H,21,25)/t14?,15?,16-,19?/m1/s1. The molecule has 1 N–H and O–H groups in total. The van der Waals surface area contributed by atoms with Crippen molar-refractivity contribution in [2.45, 2.75) is 57.9 Å². The fourth-order valence-corrected chi connectivity index (χ4v) is 4.26. The van der Waals surface area contributed by atoms with E-state index in [0.29, 0.717) is 0 Å². The summed E-state index contributed by atoms with van der Waals surface area (Å²) in [6.07, 6.45) is 2.46. The largest absolute Gasteiger partial charge is 0.373 e. The van der Waals surface area contributed by atoms with Gasteiger partial charge >= 0.3 is 6.03 Å². The van der Waals surface area contributed by atoms with Crippen LogP contribution in [-0.2, 0) is 4.74 Å². The van der Waals surface area contributed by atoms with Crippen molar-refractivity contribution in [2.24, 2.45) is 0 Å². The molecule has 0 bridgehead atoms. The minimum absolute atomic E-state index is 0.0517. The van der Waals surface area contributed by atoms with Crippen LogP contribution in [0.1, 0.15) is 45.2 Å². The van der Waals surface area contributed by atoms with Crippen molar-refractivity contribution in [2.75, 3.05) is 26.2 Å². The van der Waals surface area contributed by atoms with E-state index in [9.17, 15) is 14.9 Å². The molecule has 0 aliphatic carbocycles. The smallest absolute Gasteiger partial charge is 0.318 e. The zero-order valence-electron chi connectivity index (χ0n) is 16.8. The van der Waals surface area contributed by atoms with Gasteiger partial charge in [0.2, 0.25) is 0 Å². The molecular weight excluding hydrogens is 360 g/mol. The van der Waals surface area contributed by atoms with Gasteiger partial charge in [-0.05, 0) is 39.2 Å². The first kappa shape index (κ1) is 20.5. The number of ether oxygens (including phenoxy) is 1. The van der Waals surface area contributed by atoms with Gasteiger partial charge in [-0.2, -0.15) is 0 Å². The minimum atomic E-state index is -0.421. The number of carbonyl (C=O) groups is 1. The number of likely N-dealkylation sites (tertiary alicyclic amines) is 1. The molecule has 2 aliphatic heterocycles. The summed E-state index contributed by atoms with van der Waals surface area (Å²) in [7, 11) is 0. The Balaban J connectivity index is 1.57. The molecule has 8 nitrogen and oxygen atoms in total. The number of nitro groups is 1. The Labute approximate surface area is 166 Å². The monoisotopic (exact) mass is 390 g/mol. The summed E-state index contributed by atoms with van der Waals surface area (Å²) in [6.45, 7) is 9.51. The maximum Gasteiger partial charge on any atom is 0.318 e. The highest BCUT2D eigenvalue weighted by molar-refractivity contribution is 5.75. The van der Waals surface area contributed by atoms with Crippen LogP contribution < -0.4 is 5.32 Å². The molecule has 3 rings (SSSR count). The van der Waals surface area contributed by atoms with Crippen molar-refractivity contribution in [3.05, 3.63) is 39.9 Å². The van der Waals surface area contributed by atoms with Crippen molar-refractivity contribution in [1.82, 2.24) is 15.1 Å². The van der Waals surface area contributed by atoms with E-state index in [1.54, 1.807) is 12.1 Å². The molecule has 1 aromatic carbocycles. The van der Waals surface area contributed by atoms with Crippen molar-refractivity contribution in [1.29, 1.82) is 0 Å². The van der Waals surface area contributed by atoms with Crippen LogP contribution in [0.15, 0.2) is 24.3 Å². The Morgan fingerprint density at radius 1 is 1.29 bits per heavy atom. The molecular formula is C20H30N4O4. The van der Waals surface area contributed by atoms with E-state index in [-0.39, 0.29) is 36.0 Å². The number of morpholine rings is 1. The van der Waals surface area contributed by atoms with Crippen LogP contribution in [0.25, 0.3) is 0 Å². The van der Waals surface area contributed by atoms with Crippen LogP contribution >= 0.6 is 0 Å². The van der Waals surface area contributed by atoms with Gasteiger partial charge in [-0.15, -0.1) is 0 Å². The van der Waals surface area contributed by atoms with E-state index in [2.05, 4.69) is 24.1 Å². The molecule has 0 radical (unpaired) electrons. The number of carbonyl (C=O) groups excluding carboxylic acids is 1. The molecule has 0 spiro atoms. The Bertz CT molecular complexity index is 686. The van der Waals surface area contributed by atoms with Crippen LogP contribution in [0.2, 0.25) is 0 Å². The summed E-state index contributed by atoms with van der Waals surface area (Å²) in [5.41, 5.74) is 0.904. The van der Waals surface area contributed by atoms with Gasteiger partial charge in [0.1, 0.15) is 0 Å². The topological polar surface area (TPSA) is 88.0 Å². The molecule has 0 aromatic heterocycles. The van der Waals surface area contributed by atoms with Crippen molar-refractivity contribution in [3.8, 4) is 0 Å². The van der Waals surface area contributed by atoms with E-state index in [1.807, 2.05) is 11.8 Å². The Morgan fingerprint density at radius 3 is 2.54 bits per heavy atom. The Hall–Kier alpha value is -2.19. The predicted molar refractivity (Wildman–Crippen MR) is 106 cm³/mol. The van der Waals surface area contributed by atoms with Gasteiger partial charge in [-0.25, -0.2) is 4.79 Å². The maximum absolute atomic E-state index is 12.8. The van der Waals surface area contributed by atoms with Gasteiger partial charge in [0.05, 0.1) is 23.2 Å². The molecule has 2 heterocycles. The third kappa shape index (κ3) is 4.99. The minimum Gasteiger partial charge on any atom is -0.373 e. The number of benzene rings is 1. The van der Waals surface area contributed by atoms with Gasteiger partial charge in [-0.1, -0.05) is 12.1 Å². The van der Waals surface area contributed by atoms with Crippen LogP contribution in [0, 0.1) is 10.1 Å². The van der Waals surface area contributed by atoms with Crippen LogP contribution in [-0.4, -0.2) is 65.2 Å². The van der Waals surface area contributed by atoms with E-state index < -0.39 is 4.92 Å². The fraction of sp³-hybridized carbons (Fsp3) is 0.650. The number of nitrogens with zero attached hydrogens (tertiary/aromatic N) is 3. The average molecular weight is 390 g/mol. The van der Waals surface area contributed by atoms with E-state index in [1.165, 1.54) is 12.1 Å². The average Bonchev–Trinajstić information content (AvgIpc) is 3.09. The number of nitrogens with one attached hydrogen (secondary N) is 1. The quantitative estimate of drug-likeness (QED) is 0.617. The summed E-state index contributed by atoms with van der Waals surface area (Å²) < 4.78 is 5.80. The Kier molecular flexibility index (Phi) is 6.51. The molecule has 8 heteroatoms. The summed E-state index contributed by atoms with van der Waals surface area (Å²) in [6, 6.07) is 6.26. The molecule has 28 heavy (non-hydrogen) atoms. The first-order chi connectivity index (χ1) is 13.3. The molecule has 0 saturated carbocycles. The second-order valence-corrected chi connectivity index (χ2v) is 7.99. The Morgan fingerprint density at radius 2 is 1.93 bits per heavy atom. The van der Waals surface area contributed by atoms with Crippen LogP contribution in [0.4, 0.5) is 10.5 Å². The van der Waals surface area contributed by atoms with Gasteiger partial charge < -0.3 is 15.0 Å². The molecule has 2 saturated heterocycles. The summed E-state index contributed by atoms with van der Waals surface area (Å²) >= 11 is 0. The SMILES string of the molecule is CC1CN(CC2CCCN2C(=O)N[C@H](C)c2ccc([N+](=O)[O-])cc2)CC(C)O1. The molecule has 2 amide bonds. The number of non-ortho nitro benzene ring substituents is 1. The summed E-state index contributed by atoms with van der Waals surface area (Å²) in [5, 5.41) is 13.8. The number of hydrogen-bond acceptors (Lipinski definition) is 5. The van der Waals surface area contributed by atoms with Crippen molar-refractivity contribution < 1.29 is 14.5 Å². The molecule has 1 aromatic rings. The second kappa shape index (κ2) is 8.87. The first-order valence-corrected chi connectivity index (χ1v) is 10.0. The highest BCUT2D eigenvalue weighted by atomic mass is 16.6. The van der Waals surface area contributed by atoms with Crippen LogP contribution in [0.5, 0.6) is 0 Å². The summed E-state index contributed by atoms with van der Waals surface area (Å²) in [5.74, 6) is 0. The van der Waals surface area contributed by atoms with E-state index >= 15 is 0 Å². The van der Waals surface area contributed by atoms with E-state index in [0.717, 1.165) is 44.6 Å². The zero-order chi connectivity index (χ0) is 20.3. The van der Waals surface area contributed by atoms with Gasteiger partial charge in [-0.3, -0.25) is 15.0 Å². The first-order valence-electron chi connectivity index (χ1n) is 10.0. The molecule has 154 valence electrons. The van der Waals surface area contributed by atoms with Crippen LogP contribution in [0.3, 0.4) is 0 Å². The van der Waals surface area contributed by atoms with Crippen molar-refractivity contribution in [3.63, 3.8) is 0 Å². The number of urea groups is 1. The zero-order valence-corrected chi connectivity index (χ0v) is 16.8. The number of nitro benzene ring substituents is 1. The van der Waals surface area contributed by atoms with Gasteiger partial charge in [0.25, 0.3) is 5.69 Å². The fourth-order valence-electron chi connectivity index (χ4n) is 4.26. The normalized spacial score (nSPS) is 26.8. The summed E-state index contributed by atoms with van der Waals surface area (Å²) in [4.78, 5) is 27.6. The lowest BCUT2D eigenvalue weighted by atomic mass is 10.1. The number of hydrogen-bond donors (Lipinski definition) is 1. The lowest BCUT2D eigenvalue weighted by Crippen LogP contribution is -2.52. The highest BCUT2D eigenvalue weighted by Gasteiger charge is 2.33. The molecule has 2 aliphatic rings.